The maximum atomic E-state index is 12.9. The molecule has 1 aliphatic heterocycles. The van der Waals surface area contributed by atoms with Crippen LogP contribution in [0.2, 0.25) is 5.02 Å². The first-order valence-electron chi connectivity index (χ1n) is 11.0. The van der Waals surface area contributed by atoms with Gasteiger partial charge >= 0.3 is 0 Å². The van der Waals surface area contributed by atoms with E-state index >= 15 is 0 Å². The highest BCUT2D eigenvalue weighted by molar-refractivity contribution is 9.10. The molecule has 3 aromatic rings. The molecule has 1 saturated heterocycles. The van der Waals surface area contributed by atoms with Gasteiger partial charge in [-0.1, -0.05) is 60.1 Å². The summed E-state index contributed by atoms with van der Waals surface area (Å²) < 4.78 is 12.2. The fourth-order valence-electron chi connectivity index (χ4n) is 3.66. The van der Waals surface area contributed by atoms with Gasteiger partial charge in [0.1, 0.15) is 6.61 Å². The number of benzene rings is 3. The van der Waals surface area contributed by atoms with E-state index in [2.05, 4.69) is 15.9 Å². The normalized spacial score (nSPS) is 14.6. The number of thioether (sulfide) groups is 1. The maximum Gasteiger partial charge on any atom is 0.293 e. The average Bonchev–Trinajstić information content (AvgIpc) is 3.12. The minimum Gasteiger partial charge on any atom is -0.493 e. The van der Waals surface area contributed by atoms with Crippen molar-refractivity contribution in [2.24, 2.45) is 0 Å². The lowest BCUT2D eigenvalue weighted by molar-refractivity contribution is -0.122. The molecule has 0 bridgehead atoms. The number of rotatable bonds is 9. The second kappa shape index (κ2) is 11.8. The van der Waals surface area contributed by atoms with Crippen LogP contribution in [0.4, 0.5) is 4.79 Å². The number of halogens is 2. The Balaban J connectivity index is 1.45. The van der Waals surface area contributed by atoms with Gasteiger partial charge in [-0.25, -0.2) is 0 Å². The van der Waals surface area contributed by atoms with E-state index in [4.69, 9.17) is 21.1 Å². The molecule has 2 amide bonds. The first-order valence-corrected chi connectivity index (χ1v) is 13.0. The lowest BCUT2D eigenvalue weighted by atomic mass is 10.1. The number of methoxy groups -OCH3 is 1. The average molecular weight is 573 g/mol. The van der Waals surface area contributed by atoms with Gasteiger partial charge in [0.05, 0.1) is 16.5 Å². The Kier molecular flexibility index (Phi) is 8.55. The highest BCUT2D eigenvalue weighted by atomic mass is 79.9. The molecule has 5 nitrogen and oxygen atoms in total. The molecule has 4 rings (SSSR count). The topological polar surface area (TPSA) is 55.8 Å². The van der Waals surface area contributed by atoms with E-state index in [-0.39, 0.29) is 17.8 Å². The second-order valence-corrected chi connectivity index (χ2v) is 10.1. The molecule has 3 aromatic carbocycles. The van der Waals surface area contributed by atoms with Crippen molar-refractivity contribution in [3.8, 4) is 11.5 Å². The summed E-state index contributed by atoms with van der Waals surface area (Å²) in [5, 5.41) is 0.374. The Morgan fingerprint density at radius 2 is 1.80 bits per heavy atom. The van der Waals surface area contributed by atoms with Gasteiger partial charge in [-0.15, -0.1) is 0 Å². The van der Waals surface area contributed by atoms with Crippen LogP contribution >= 0.6 is 39.3 Å². The van der Waals surface area contributed by atoms with Gasteiger partial charge in [0.2, 0.25) is 0 Å². The second-order valence-electron chi connectivity index (χ2n) is 7.84. The summed E-state index contributed by atoms with van der Waals surface area (Å²) in [4.78, 5) is 27.1. The molecule has 0 spiro atoms. The fraction of sp³-hybridized carbons (Fsp3) is 0.185. The van der Waals surface area contributed by atoms with Crippen molar-refractivity contribution in [3.63, 3.8) is 0 Å². The van der Waals surface area contributed by atoms with E-state index in [0.717, 1.165) is 23.7 Å². The zero-order valence-electron chi connectivity index (χ0n) is 19.0. The largest absolute Gasteiger partial charge is 0.493 e. The summed E-state index contributed by atoms with van der Waals surface area (Å²) in [5.74, 6) is 0.751. The van der Waals surface area contributed by atoms with Crippen LogP contribution in [0.1, 0.15) is 23.1 Å². The van der Waals surface area contributed by atoms with Crippen molar-refractivity contribution in [2.75, 3.05) is 13.7 Å². The number of carbonyl (C=O) groups is 2. The summed E-state index contributed by atoms with van der Waals surface area (Å²) in [5.41, 5.74) is 2.76. The molecule has 35 heavy (non-hydrogen) atoms. The van der Waals surface area contributed by atoms with E-state index in [1.807, 2.05) is 60.7 Å². The Hall–Kier alpha value is -2.74. The highest BCUT2D eigenvalue weighted by Crippen LogP contribution is 2.39. The van der Waals surface area contributed by atoms with Crippen LogP contribution in [0.25, 0.3) is 6.08 Å². The standard InChI is InChI=1S/C27H23BrClNO4S/c1-33-23-15-19(14-21(28)25(23)34-17-20-11-5-6-12-22(20)29)16-24-26(31)30(27(32)35-24)13-7-10-18-8-3-2-4-9-18/h2-6,8-9,11-12,14-16H,7,10,13,17H2,1H3/b24-16-. The van der Waals surface area contributed by atoms with Crippen molar-refractivity contribution in [2.45, 2.75) is 19.4 Å². The van der Waals surface area contributed by atoms with Crippen LogP contribution in [0, 0.1) is 0 Å². The summed E-state index contributed by atoms with van der Waals surface area (Å²) in [6.45, 7) is 0.661. The van der Waals surface area contributed by atoms with Crippen LogP contribution in [-0.4, -0.2) is 29.7 Å². The lowest BCUT2D eigenvalue weighted by Gasteiger charge is -2.14. The molecule has 1 heterocycles. The highest BCUT2D eigenvalue weighted by Gasteiger charge is 2.34. The molecule has 1 fully saturated rings. The number of aryl methyl sites for hydroxylation is 1. The van der Waals surface area contributed by atoms with E-state index in [0.29, 0.717) is 44.4 Å². The van der Waals surface area contributed by atoms with Gasteiger partial charge < -0.3 is 9.47 Å². The monoisotopic (exact) mass is 571 g/mol. The summed E-state index contributed by atoms with van der Waals surface area (Å²) in [7, 11) is 1.55. The molecule has 0 N–H and O–H groups in total. The summed E-state index contributed by atoms with van der Waals surface area (Å²) in [6.07, 6.45) is 3.22. The number of imide groups is 1. The number of hydrogen-bond donors (Lipinski definition) is 0. The molecule has 0 aromatic heterocycles. The molecule has 0 aliphatic carbocycles. The van der Waals surface area contributed by atoms with Gasteiger partial charge in [-0.05, 0) is 75.9 Å². The Labute approximate surface area is 222 Å². The van der Waals surface area contributed by atoms with E-state index in [9.17, 15) is 9.59 Å². The third kappa shape index (κ3) is 6.28. The van der Waals surface area contributed by atoms with Crippen LogP contribution in [0.5, 0.6) is 11.5 Å². The van der Waals surface area contributed by atoms with Gasteiger partial charge in [0.25, 0.3) is 11.1 Å². The molecule has 0 radical (unpaired) electrons. The molecule has 180 valence electrons. The van der Waals surface area contributed by atoms with Crippen LogP contribution in [-0.2, 0) is 17.8 Å². The predicted molar refractivity (Wildman–Crippen MR) is 144 cm³/mol. The maximum absolute atomic E-state index is 12.9. The number of hydrogen-bond acceptors (Lipinski definition) is 5. The smallest absolute Gasteiger partial charge is 0.293 e. The number of ether oxygens (including phenoxy) is 2. The zero-order chi connectivity index (χ0) is 24.8. The zero-order valence-corrected chi connectivity index (χ0v) is 22.2. The predicted octanol–water partition coefficient (Wildman–Crippen LogP) is 7.36. The molecule has 0 atom stereocenters. The van der Waals surface area contributed by atoms with Crippen LogP contribution in [0.3, 0.4) is 0 Å². The van der Waals surface area contributed by atoms with Crippen molar-refractivity contribution in [1.82, 2.24) is 4.90 Å². The van der Waals surface area contributed by atoms with Gasteiger partial charge in [0.15, 0.2) is 11.5 Å². The third-order valence-corrected chi connectivity index (χ3v) is 7.31. The van der Waals surface area contributed by atoms with Gasteiger partial charge in [-0.2, -0.15) is 0 Å². The Morgan fingerprint density at radius 3 is 2.54 bits per heavy atom. The number of amides is 2. The molecule has 0 saturated carbocycles. The summed E-state index contributed by atoms with van der Waals surface area (Å²) >= 11 is 10.7. The molecule has 0 unspecified atom stereocenters. The van der Waals surface area contributed by atoms with Crippen LogP contribution < -0.4 is 9.47 Å². The first-order chi connectivity index (χ1) is 17.0. The van der Waals surface area contributed by atoms with Crippen molar-refractivity contribution < 1.29 is 19.1 Å². The van der Waals surface area contributed by atoms with E-state index in [1.54, 1.807) is 19.3 Å². The van der Waals surface area contributed by atoms with E-state index in [1.165, 1.54) is 10.5 Å². The van der Waals surface area contributed by atoms with Gasteiger partial charge in [0, 0.05) is 17.1 Å². The quantitative estimate of drug-likeness (QED) is 0.251. The molecular formula is C27H23BrClNO4S. The van der Waals surface area contributed by atoms with Gasteiger partial charge in [-0.3, -0.25) is 14.5 Å². The lowest BCUT2D eigenvalue weighted by Crippen LogP contribution is -2.29. The fourth-order valence-corrected chi connectivity index (χ4v) is 5.29. The SMILES string of the molecule is COc1cc(/C=C2\SC(=O)N(CCCc3ccccc3)C2=O)cc(Br)c1OCc1ccccc1Cl. The minimum atomic E-state index is -0.276. The molecule has 1 aliphatic rings. The first kappa shape index (κ1) is 25.4. The Bertz CT molecular complexity index is 1270. The molecule has 8 heteroatoms. The summed E-state index contributed by atoms with van der Waals surface area (Å²) in [6, 6.07) is 21.1. The van der Waals surface area contributed by atoms with E-state index < -0.39 is 0 Å². The van der Waals surface area contributed by atoms with Crippen LogP contribution in [0.15, 0.2) is 76.1 Å². The third-order valence-electron chi connectivity index (χ3n) is 5.44. The molecular weight excluding hydrogens is 550 g/mol. The van der Waals surface area contributed by atoms with Crippen molar-refractivity contribution >= 4 is 56.5 Å². The van der Waals surface area contributed by atoms with Crippen molar-refractivity contribution in [1.29, 1.82) is 0 Å². The van der Waals surface area contributed by atoms with Crippen molar-refractivity contribution in [3.05, 3.63) is 97.8 Å². The number of carbonyl (C=O) groups excluding carboxylic acids is 2. The number of nitrogens with zero attached hydrogens (tertiary/aromatic N) is 1. The Morgan fingerprint density at radius 1 is 1.06 bits per heavy atom. The minimum absolute atomic E-state index is 0.250.